The predicted octanol–water partition coefficient (Wildman–Crippen LogP) is 4.11. The third-order valence-corrected chi connectivity index (χ3v) is 4.56. The largest absolute Gasteiger partial charge is 0.465 e. The Balaban J connectivity index is 2.15. The third kappa shape index (κ3) is 2.01. The number of carbonyl (C=O) groups excluding carboxylic acids is 1. The summed E-state index contributed by atoms with van der Waals surface area (Å²) in [4.78, 5) is 15.6. The third-order valence-electron chi connectivity index (χ3n) is 4.15. The van der Waals surface area contributed by atoms with Crippen LogP contribution in [0.3, 0.4) is 0 Å². The Morgan fingerprint density at radius 1 is 1.50 bits per heavy atom. The molecule has 3 nitrogen and oxygen atoms in total. The van der Waals surface area contributed by atoms with Gasteiger partial charge in [-0.05, 0) is 50.3 Å². The number of rotatable bonds is 2. The Morgan fingerprint density at radius 3 is 3.05 bits per heavy atom. The van der Waals surface area contributed by atoms with Crippen LogP contribution in [0.2, 0.25) is 5.02 Å². The molecule has 0 spiro atoms. The van der Waals surface area contributed by atoms with E-state index < -0.39 is 0 Å². The van der Waals surface area contributed by atoms with Crippen molar-refractivity contribution in [2.24, 2.45) is 0 Å². The molecule has 0 amide bonds. The van der Waals surface area contributed by atoms with Crippen molar-refractivity contribution < 1.29 is 9.53 Å². The van der Waals surface area contributed by atoms with E-state index in [1.165, 1.54) is 10.9 Å². The summed E-state index contributed by atoms with van der Waals surface area (Å²) in [6.07, 6.45) is 2.88. The van der Waals surface area contributed by atoms with Crippen LogP contribution >= 0.6 is 11.6 Å². The standard InChI is InChI=1S/C16H18ClNO2/c1-3-20-16(19)12-6-4-5-10-11-7-8-13(17)9(2)14(11)18-15(10)12/h7-8,12,18H,3-6H2,1-2H3. The monoisotopic (exact) mass is 291 g/mol. The van der Waals surface area contributed by atoms with Crippen LogP contribution in [0.25, 0.3) is 10.9 Å². The van der Waals surface area contributed by atoms with E-state index in [2.05, 4.69) is 4.98 Å². The maximum Gasteiger partial charge on any atom is 0.314 e. The molecule has 1 atom stereocenters. The highest BCUT2D eigenvalue weighted by Crippen LogP contribution is 2.38. The molecule has 0 fully saturated rings. The van der Waals surface area contributed by atoms with Gasteiger partial charge in [0.15, 0.2) is 0 Å². The highest BCUT2D eigenvalue weighted by Gasteiger charge is 2.30. The van der Waals surface area contributed by atoms with Crippen molar-refractivity contribution in [1.82, 2.24) is 4.98 Å². The van der Waals surface area contributed by atoms with Crippen molar-refractivity contribution in [3.8, 4) is 0 Å². The minimum atomic E-state index is -0.163. The zero-order chi connectivity index (χ0) is 14.3. The smallest absolute Gasteiger partial charge is 0.314 e. The molecular formula is C16H18ClNO2. The fourth-order valence-electron chi connectivity index (χ4n) is 3.13. The highest BCUT2D eigenvalue weighted by molar-refractivity contribution is 6.32. The molecule has 106 valence electrons. The molecule has 1 heterocycles. The molecule has 1 N–H and O–H groups in total. The lowest BCUT2D eigenvalue weighted by Crippen LogP contribution is -2.20. The number of hydrogen-bond acceptors (Lipinski definition) is 2. The Kier molecular flexibility index (Phi) is 3.47. The van der Waals surface area contributed by atoms with Crippen LogP contribution in [-0.2, 0) is 16.0 Å². The van der Waals surface area contributed by atoms with E-state index in [4.69, 9.17) is 16.3 Å². The Bertz CT molecular complexity index is 675. The van der Waals surface area contributed by atoms with E-state index in [0.29, 0.717) is 6.61 Å². The second-order valence-electron chi connectivity index (χ2n) is 5.31. The summed E-state index contributed by atoms with van der Waals surface area (Å²) in [5.41, 5.74) is 4.37. The molecule has 4 heteroatoms. The minimum absolute atomic E-state index is 0.122. The Hall–Kier alpha value is -1.48. The van der Waals surface area contributed by atoms with Gasteiger partial charge in [-0.25, -0.2) is 0 Å². The molecule has 1 aromatic carbocycles. The normalized spacial score (nSPS) is 18.1. The van der Waals surface area contributed by atoms with Gasteiger partial charge in [-0.15, -0.1) is 0 Å². The van der Waals surface area contributed by atoms with E-state index in [-0.39, 0.29) is 11.9 Å². The maximum absolute atomic E-state index is 12.1. The quantitative estimate of drug-likeness (QED) is 0.846. The van der Waals surface area contributed by atoms with Gasteiger partial charge in [0, 0.05) is 16.1 Å². The van der Waals surface area contributed by atoms with Crippen molar-refractivity contribution in [2.75, 3.05) is 6.61 Å². The van der Waals surface area contributed by atoms with Gasteiger partial charge in [-0.2, -0.15) is 0 Å². The summed E-state index contributed by atoms with van der Waals surface area (Å²) < 4.78 is 5.20. The molecule has 20 heavy (non-hydrogen) atoms. The van der Waals surface area contributed by atoms with Gasteiger partial charge in [0.1, 0.15) is 0 Å². The molecule has 1 aliphatic rings. The topological polar surface area (TPSA) is 42.1 Å². The second kappa shape index (κ2) is 5.13. The summed E-state index contributed by atoms with van der Waals surface area (Å²) in [5.74, 6) is -0.284. The lowest BCUT2D eigenvalue weighted by atomic mass is 9.87. The van der Waals surface area contributed by atoms with E-state index >= 15 is 0 Å². The van der Waals surface area contributed by atoms with Gasteiger partial charge in [0.2, 0.25) is 0 Å². The van der Waals surface area contributed by atoms with Crippen molar-refractivity contribution in [3.05, 3.63) is 34.0 Å². The van der Waals surface area contributed by atoms with Gasteiger partial charge >= 0.3 is 5.97 Å². The van der Waals surface area contributed by atoms with Gasteiger partial charge in [0.05, 0.1) is 18.0 Å². The van der Waals surface area contributed by atoms with Crippen molar-refractivity contribution in [1.29, 1.82) is 0 Å². The number of esters is 1. The molecule has 3 rings (SSSR count). The lowest BCUT2D eigenvalue weighted by Gasteiger charge is -2.20. The van der Waals surface area contributed by atoms with Crippen LogP contribution in [-0.4, -0.2) is 17.6 Å². The minimum Gasteiger partial charge on any atom is -0.465 e. The number of fused-ring (bicyclic) bond motifs is 3. The number of benzene rings is 1. The average molecular weight is 292 g/mol. The molecule has 1 unspecified atom stereocenters. The van der Waals surface area contributed by atoms with Crippen LogP contribution in [0, 0.1) is 6.92 Å². The number of hydrogen-bond donors (Lipinski definition) is 1. The molecule has 0 bridgehead atoms. The molecular weight excluding hydrogens is 274 g/mol. The summed E-state index contributed by atoms with van der Waals surface area (Å²) >= 11 is 6.19. The van der Waals surface area contributed by atoms with Crippen LogP contribution < -0.4 is 0 Å². The van der Waals surface area contributed by atoms with Crippen molar-refractivity contribution >= 4 is 28.5 Å². The molecule has 0 radical (unpaired) electrons. The van der Waals surface area contributed by atoms with Crippen molar-refractivity contribution in [2.45, 2.75) is 39.0 Å². The van der Waals surface area contributed by atoms with E-state index in [1.54, 1.807) is 0 Å². The van der Waals surface area contributed by atoms with Gasteiger partial charge < -0.3 is 9.72 Å². The fraction of sp³-hybridized carbons (Fsp3) is 0.438. The number of nitrogens with one attached hydrogen (secondary N) is 1. The fourth-order valence-corrected chi connectivity index (χ4v) is 3.28. The summed E-state index contributed by atoms with van der Waals surface area (Å²) in [6, 6.07) is 3.98. The molecule has 0 saturated carbocycles. The molecule has 0 saturated heterocycles. The number of aryl methyl sites for hydroxylation is 2. The average Bonchev–Trinajstić information content (AvgIpc) is 2.82. The molecule has 1 aromatic heterocycles. The summed E-state index contributed by atoms with van der Waals surface area (Å²) in [6.45, 7) is 4.28. The lowest BCUT2D eigenvalue weighted by molar-refractivity contribution is -0.145. The van der Waals surface area contributed by atoms with Gasteiger partial charge in [0.25, 0.3) is 0 Å². The predicted molar refractivity (Wildman–Crippen MR) is 80.4 cm³/mol. The maximum atomic E-state index is 12.1. The van der Waals surface area contributed by atoms with E-state index in [0.717, 1.165) is 41.1 Å². The number of halogens is 1. The SMILES string of the molecule is CCOC(=O)C1CCCc2c1[nH]c1c(C)c(Cl)ccc21. The number of aromatic nitrogens is 1. The van der Waals surface area contributed by atoms with Crippen LogP contribution in [0.4, 0.5) is 0 Å². The van der Waals surface area contributed by atoms with Gasteiger partial charge in [-0.3, -0.25) is 4.79 Å². The summed E-state index contributed by atoms with van der Waals surface area (Å²) in [5, 5.41) is 1.94. The van der Waals surface area contributed by atoms with E-state index in [9.17, 15) is 4.79 Å². The molecule has 0 aliphatic heterocycles. The Morgan fingerprint density at radius 2 is 2.30 bits per heavy atom. The first kappa shape index (κ1) is 13.5. The van der Waals surface area contributed by atoms with Crippen molar-refractivity contribution in [3.63, 3.8) is 0 Å². The van der Waals surface area contributed by atoms with Crippen LogP contribution in [0.1, 0.15) is 42.5 Å². The van der Waals surface area contributed by atoms with Gasteiger partial charge in [-0.1, -0.05) is 17.7 Å². The zero-order valence-electron chi connectivity index (χ0n) is 11.8. The number of H-pyrrole nitrogens is 1. The summed E-state index contributed by atoms with van der Waals surface area (Å²) in [7, 11) is 0. The Labute approximate surface area is 123 Å². The van der Waals surface area contributed by atoms with Crippen LogP contribution in [0.15, 0.2) is 12.1 Å². The first-order chi connectivity index (χ1) is 9.63. The first-order valence-electron chi connectivity index (χ1n) is 7.09. The van der Waals surface area contributed by atoms with E-state index in [1.807, 2.05) is 26.0 Å². The second-order valence-corrected chi connectivity index (χ2v) is 5.72. The number of ether oxygens (including phenoxy) is 1. The first-order valence-corrected chi connectivity index (χ1v) is 7.47. The number of aromatic amines is 1. The highest BCUT2D eigenvalue weighted by atomic mass is 35.5. The van der Waals surface area contributed by atoms with Crippen LogP contribution in [0.5, 0.6) is 0 Å². The number of carbonyl (C=O) groups is 1. The molecule has 2 aromatic rings. The zero-order valence-corrected chi connectivity index (χ0v) is 12.5. The molecule has 1 aliphatic carbocycles.